The van der Waals surface area contributed by atoms with E-state index in [1.807, 2.05) is 20.8 Å². The van der Waals surface area contributed by atoms with Gasteiger partial charge in [-0.2, -0.15) is 13.2 Å². The van der Waals surface area contributed by atoms with Crippen LogP contribution in [0.2, 0.25) is 0 Å². The van der Waals surface area contributed by atoms with E-state index in [0.717, 1.165) is 0 Å². The number of hydrogen-bond donors (Lipinski definition) is 0. The molecule has 0 spiro atoms. The maximum absolute atomic E-state index is 12.3. The van der Waals surface area contributed by atoms with Crippen LogP contribution in [0.25, 0.3) is 0 Å². The van der Waals surface area contributed by atoms with Crippen LogP contribution in [0.1, 0.15) is 31.9 Å². The molecule has 15 heavy (non-hydrogen) atoms. The predicted octanol–water partition coefficient (Wildman–Crippen LogP) is 3.48. The number of alkyl halides is 3. The van der Waals surface area contributed by atoms with Gasteiger partial charge < -0.3 is 0 Å². The van der Waals surface area contributed by atoms with Crippen LogP contribution < -0.4 is 0 Å². The zero-order valence-corrected chi connectivity index (χ0v) is 9.02. The summed E-state index contributed by atoms with van der Waals surface area (Å²) in [5.74, 6) is 0. The Morgan fingerprint density at radius 2 is 1.80 bits per heavy atom. The maximum Gasteiger partial charge on any atom is 0.393 e. The van der Waals surface area contributed by atoms with Crippen LogP contribution in [0.15, 0.2) is 18.5 Å². The average Bonchev–Trinajstić information content (AvgIpc) is 1.99. The number of aromatic nitrogens is 1. The fraction of sp³-hybridized carbons (Fsp3) is 0.545. The lowest BCUT2D eigenvalue weighted by molar-refractivity contribution is -0.127. The molecule has 4 heteroatoms. The van der Waals surface area contributed by atoms with Gasteiger partial charge in [-0.25, -0.2) is 0 Å². The standard InChI is InChI=1S/C11H14F3N/c1-10(2,3)9-4-5-15-7-8(9)6-11(12,13)14/h4-5,7H,6H2,1-3H3. The second-order valence-electron chi connectivity index (χ2n) is 4.57. The van der Waals surface area contributed by atoms with Gasteiger partial charge in [0.25, 0.3) is 0 Å². The number of rotatable bonds is 1. The molecule has 1 rings (SSSR count). The van der Waals surface area contributed by atoms with E-state index in [1.165, 1.54) is 12.4 Å². The van der Waals surface area contributed by atoms with Crippen molar-refractivity contribution in [3.63, 3.8) is 0 Å². The molecule has 1 heterocycles. The van der Waals surface area contributed by atoms with E-state index in [0.29, 0.717) is 5.56 Å². The Kier molecular flexibility index (Phi) is 3.07. The molecule has 0 radical (unpaired) electrons. The largest absolute Gasteiger partial charge is 0.393 e. The summed E-state index contributed by atoms with van der Waals surface area (Å²) in [7, 11) is 0. The lowest BCUT2D eigenvalue weighted by Gasteiger charge is -2.22. The van der Waals surface area contributed by atoms with Crippen LogP contribution in [0.4, 0.5) is 13.2 Å². The number of hydrogen-bond acceptors (Lipinski definition) is 1. The predicted molar refractivity (Wildman–Crippen MR) is 52.7 cm³/mol. The maximum atomic E-state index is 12.3. The number of pyridine rings is 1. The summed E-state index contributed by atoms with van der Waals surface area (Å²) in [4.78, 5) is 3.74. The van der Waals surface area contributed by atoms with Crippen molar-refractivity contribution in [2.24, 2.45) is 0 Å². The van der Waals surface area contributed by atoms with E-state index >= 15 is 0 Å². The Hall–Kier alpha value is -1.06. The summed E-state index contributed by atoms with van der Waals surface area (Å²) >= 11 is 0. The lowest BCUT2D eigenvalue weighted by Crippen LogP contribution is -2.19. The van der Waals surface area contributed by atoms with Crippen molar-refractivity contribution < 1.29 is 13.2 Å². The van der Waals surface area contributed by atoms with Gasteiger partial charge >= 0.3 is 6.18 Å². The Labute approximate surface area is 87.3 Å². The van der Waals surface area contributed by atoms with Gasteiger partial charge in [-0.05, 0) is 22.6 Å². The Morgan fingerprint density at radius 1 is 1.20 bits per heavy atom. The van der Waals surface area contributed by atoms with Crippen molar-refractivity contribution in [3.05, 3.63) is 29.6 Å². The van der Waals surface area contributed by atoms with Gasteiger partial charge in [0.15, 0.2) is 0 Å². The first-order chi connectivity index (χ1) is 6.70. The minimum atomic E-state index is -4.18. The third-order valence-corrected chi connectivity index (χ3v) is 2.10. The summed E-state index contributed by atoms with van der Waals surface area (Å²) in [6.45, 7) is 5.67. The van der Waals surface area contributed by atoms with Crippen molar-refractivity contribution >= 4 is 0 Å². The van der Waals surface area contributed by atoms with Crippen LogP contribution in [0, 0.1) is 0 Å². The topological polar surface area (TPSA) is 12.9 Å². The van der Waals surface area contributed by atoms with E-state index in [2.05, 4.69) is 4.98 Å². The van der Waals surface area contributed by atoms with E-state index in [4.69, 9.17) is 0 Å². The van der Waals surface area contributed by atoms with E-state index in [9.17, 15) is 13.2 Å². The molecule has 0 aliphatic rings. The van der Waals surface area contributed by atoms with Crippen molar-refractivity contribution in [2.75, 3.05) is 0 Å². The summed E-state index contributed by atoms with van der Waals surface area (Å²) in [6.07, 6.45) is -2.26. The van der Waals surface area contributed by atoms with Gasteiger partial charge in [-0.15, -0.1) is 0 Å². The molecule has 0 saturated heterocycles. The minimum absolute atomic E-state index is 0.262. The fourth-order valence-electron chi connectivity index (χ4n) is 1.52. The Bertz CT molecular complexity index is 336. The molecule has 0 aliphatic heterocycles. The summed E-state index contributed by atoms with van der Waals surface area (Å²) < 4.78 is 36.8. The van der Waals surface area contributed by atoms with Crippen LogP contribution in [-0.2, 0) is 11.8 Å². The van der Waals surface area contributed by atoms with Crippen LogP contribution in [0.5, 0.6) is 0 Å². The molecule has 0 bridgehead atoms. The monoisotopic (exact) mass is 217 g/mol. The Morgan fingerprint density at radius 3 is 2.27 bits per heavy atom. The van der Waals surface area contributed by atoms with E-state index in [-0.39, 0.29) is 11.0 Å². The van der Waals surface area contributed by atoms with Crippen molar-refractivity contribution in [1.29, 1.82) is 0 Å². The minimum Gasteiger partial charge on any atom is -0.264 e. The molecule has 1 aromatic rings. The molecule has 1 nitrogen and oxygen atoms in total. The van der Waals surface area contributed by atoms with Gasteiger partial charge in [0.1, 0.15) is 0 Å². The first-order valence-electron chi connectivity index (χ1n) is 4.70. The van der Waals surface area contributed by atoms with Crippen LogP contribution in [0.3, 0.4) is 0 Å². The van der Waals surface area contributed by atoms with Crippen molar-refractivity contribution in [1.82, 2.24) is 4.98 Å². The fourth-order valence-corrected chi connectivity index (χ4v) is 1.52. The first-order valence-corrected chi connectivity index (χ1v) is 4.70. The van der Waals surface area contributed by atoms with Gasteiger partial charge in [-0.1, -0.05) is 20.8 Å². The smallest absolute Gasteiger partial charge is 0.264 e. The van der Waals surface area contributed by atoms with E-state index < -0.39 is 12.6 Å². The highest BCUT2D eigenvalue weighted by molar-refractivity contribution is 5.30. The molecule has 0 aliphatic carbocycles. The van der Waals surface area contributed by atoms with Gasteiger partial charge in [-0.3, -0.25) is 4.98 Å². The quantitative estimate of drug-likeness (QED) is 0.701. The second kappa shape index (κ2) is 3.83. The van der Waals surface area contributed by atoms with Crippen LogP contribution >= 0.6 is 0 Å². The molecule has 0 N–H and O–H groups in total. The third-order valence-electron chi connectivity index (χ3n) is 2.10. The van der Waals surface area contributed by atoms with Gasteiger partial charge in [0, 0.05) is 12.4 Å². The molecule has 0 amide bonds. The van der Waals surface area contributed by atoms with Gasteiger partial charge in [0.05, 0.1) is 6.42 Å². The van der Waals surface area contributed by atoms with Crippen molar-refractivity contribution in [3.8, 4) is 0 Å². The molecule has 0 saturated carbocycles. The molecule has 0 aromatic carbocycles. The SMILES string of the molecule is CC(C)(C)c1ccncc1CC(F)(F)F. The highest BCUT2D eigenvalue weighted by Gasteiger charge is 2.30. The van der Waals surface area contributed by atoms with E-state index in [1.54, 1.807) is 6.07 Å². The highest BCUT2D eigenvalue weighted by atomic mass is 19.4. The third kappa shape index (κ3) is 3.53. The molecule has 0 fully saturated rings. The highest BCUT2D eigenvalue weighted by Crippen LogP contribution is 2.29. The summed E-state index contributed by atoms with van der Waals surface area (Å²) in [6, 6.07) is 1.65. The molecule has 0 atom stereocenters. The Balaban J connectivity index is 3.08. The van der Waals surface area contributed by atoms with Gasteiger partial charge in [0.2, 0.25) is 0 Å². The van der Waals surface area contributed by atoms with Crippen LogP contribution in [-0.4, -0.2) is 11.2 Å². The molecular formula is C11H14F3N. The molecular weight excluding hydrogens is 203 g/mol. The number of halogens is 3. The number of nitrogens with zero attached hydrogens (tertiary/aromatic N) is 1. The second-order valence-corrected chi connectivity index (χ2v) is 4.57. The van der Waals surface area contributed by atoms with Crippen molar-refractivity contribution in [2.45, 2.75) is 38.8 Å². The lowest BCUT2D eigenvalue weighted by atomic mass is 9.84. The normalized spacial score (nSPS) is 12.9. The average molecular weight is 217 g/mol. The molecule has 1 aromatic heterocycles. The summed E-state index contributed by atoms with van der Waals surface area (Å²) in [5, 5.41) is 0. The first kappa shape index (κ1) is 12.0. The molecule has 0 unspecified atom stereocenters. The summed E-state index contributed by atoms with van der Waals surface area (Å²) in [5.41, 5.74) is 0.677. The zero-order chi connectivity index (χ0) is 11.7. The zero-order valence-electron chi connectivity index (χ0n) is 9.02. The molecule has 84 valence electrons.